The first-order valence-corrected chi connectivity index (χ1v) is 5.71. The number of nitrogens with two attached hydrogens (primary N) is 2. The van der Waals surface area contributed by atoms with Gasteiger partial charge in [0.15, 0.2) is 0 Å². The van der Waals surface area contributed by atoms with E-state index in [0.29, 0.717) is 0 Å². The van der Waals surface area contributed by atoms with E-state index < -0.39 is 0 Å². The fourth-order valence-electron chi connectivity index (χ4n) is 2.01. The Hall–Kier alpha value is -1.38. The fraction of sp³-hybridized carbons (Fsp3) is 0.286. The van der Waals surface area contributed by atoms with E-state index in [2.05, 4.69) is 18.2 Å². The molecule has 1 unspecified atom stereocenters. The van der Waals surface area contributed by atoms with Gasteiger partial charge in [-0.3, -0.25) is 0 Å². The molecule has 2 rings (SSSR count). The quantitative estimate of drug-likeness (QED) is 0.811. The van der Waals surface area contributed by atoms with Gasteiger partial charge in [-0.15, -0.1) is 0 Å². The van der Waals surface area contributed by atoms with Crippen LogP contribution in [0.1, 0.15) is 24.4 Å². The van der Waals surface area contributed by atoms with Crippen molar-refractivity contribution in [2.45, 2.75) is 24.9 Å². The summed E-state index contributed by atoms with van der Waals surface area (Å²) in [4.78, 5) is 0. The Morgan fingerprint density at radius 3 is 2.38 bits per heavy atom. The third-order valence-corrected chi connectivity index (χ3v) is 3.05. The van der Waals surface area contributed by atoms with Gasteiger partial charge in [0.1, 0.15) is 0 Å². The SMILES string of the molecule is NC(C1=CC=CCC1)[C@H](N)c1ccccc1. The molecule has 0 heterocycles. The van der Waals surface area contributed by atoms with E-state index in [0.717, 1.165) is 18.4 Å². The smallest absolute Gasteiger partial charge is 0.0487 e. The third-order valence-electron chi connectivity index (χ3n) is 3.05. The molecule has 1 aliphatic rings. The number of allylic oxidation sites excluding steroid dienone is 3. The van der Waals surface area contributed by atoms with Crippen LogP contribution in [0.2, 0.25) is 0 Å². The minimum Gasteiger partial charge on any atom is -0.323 e. The van der Waals surface area contributed by atoms with Gasteiger partial charge in [0.25, 0.3) is 0 Å². The van der Waals surface area contributed by atoms with Crippen molar-refractivity contribution in [3.8, 4) is 0 Å². The van der Waals surface area contributed by atoms with Gasteiger partial charge in [-0.2, -0.15) is 0 Å². The summed E-state index contributed by atoms with van der Waals surface area (Å²) in [5.41, 5.74) is 14.7. The highest BCUT2D eigenvalue weighted by molar-refractivity contribution is 5.28. The molecular formula is C14H18N2. The number of hydrogen-bond donors (Lipinski definition) is 2. The summed E-state index contributed by atoms with van der Waals surface area (Å²) in [6.07, 6.45) is 8.41. The lowest BCUT2D eigenvalue weighted by Crippen LogP contribution is -2.36. The first-order valence-electron chi connectivity index (χ1n) is 5.71. The van der Waals surface area contributed by atoms with Crippen LogP contribution in [0.4, 0.5) is 0 Å². The van der Waals surface area contributed by atoms with Gasteiger partial charge in [0, 0.05) is 12.1 Å². The lowest BCUT2D eigenvalue weighted by atomic mass is 9.90. The zero-order valence-electron chi connectivity index (χ0n) is 9.34. The Morgan fingerprint density at radius 2 is 1.75 bits per heavy atom. The van der Waals surface area contributed by atoms with Crippen LogP contribution in [0.5, 0.6) is 0 Å². The molecule has 16 heavy (non-hydrogen) atoms. The molecule has 0 aliphatic heterocycles. The lowest BCUT2D eigenvalue weighted by molar-refractivity contribution is 0.589. The number of rotatable bonds is 3. The Morgan fingerprint density at radius 1 is 1.00 bits per heavy atom. The van der Waals surface area contributed by atoms with Crippen LogP contribution in [-0.2, 0) is 0 Å². The predicted molar refractivity (Wildman–Crippen MR) is 67.8 cm³/mol. The van der Waals surface area contributed by atoms with Gasteiger partial charge < -0.3 is 11.5 Å². The van der Waals surface area contributed by atoms with Crippen molar-refractivity contribution in [3.63, 3.8) is 0 Å². The summed E-state index contributed by atoms with van der Waals surface area (Å²) < 4.78 is 0. The largest absolute Gasteiger partial charge is 0.323 e. The topological polar surface area (TPSA) is 52.0 Å². The molecule has 4 N–H and O–H groups in total. The van der Waals surface area contributed by atoms with Crippen LogP contribution < -0.4 is 11.5 Å². The molecule has 0 saturated carbocycles. The van der Waals surface area contributed by atoms with Crippen LogP contribution in [0.25, 0.3) is 0 Å². The van der Waals surface area contributed by atoms with E-state index in [1.165, 1.54) is 5.57 Å². The molecule has 2 heteroatoms. The van der Waals surface area contributed by atoms with Crippen molar-refractivity contribution in [3.05, 3.63) is 59.7 Å². The molecule has 2 atom stereocenters. The van der Waals surface area contributed by atoms with Gasteiger partial charge >= 0.3 is 0 Å². The molecule has 2 nitrogen and oxygen atoms in total. The van der Waals surface area contributed by atoms with Gasteiger partial charge in [0.05, 0.1) is 0 Å². The lowest BCUT2D eigenvalue weighted by Gasteiger charge is -2.24. The van der Waals surface area contributed by atoms with E-state index in [1.807, 2.05) is 30.3 Å². The third kappa shape index (κ3) is 2.40. The normalized spacial score (nSPS) is 19.0. The summed E-state index contributed by atoms with van der Waals surface area (Å²) in [5.74, 6) is 0. The highest BCUT2D eigenvalue weighted by Crippen LogP contribution is 2.22. The molecular weight excluding hydrogens is 196 g/mol. The van der Waals surface area contributed by atoms with E-state index in [9.17, 15) is 0 Å². The second-order valence-corrected chi connectivity index (χ2v) is 4.17. The maximum atomic E-state index is 6.20. The van der Waals surface area contributed by atoms with Crippen molar-refractivity contribution in [1.82, 2.24) is 0 Å². The summed E-state index contributed by atoms with van der Waals surface area (Å²) >= 11 is 0. The molecule has 0 amide bonds. The summed E-state index contributed by atoms with van der Waals surface area (Å²) in [7, 11) is 0. The second-order valence-electron chi connectivity index (χ2n) is 4.17. The van der Waals surface area contributed by atoms with Crippen molar-refractivity contribution in [2.24, 2.45) is 11.5 Å². The van der Waals surface area contributed by atoms with E-state index in [-0.39, 0.29) is 12.1 Å². The van der Waals surface area contributed by atoms with E-state index in [1.54, 1.807) is 0 Å². The highest BCUT2D eigenvalue weighted by Gasteiger charge is 2.19. The summed E-state index contributed by atoms with van der Waals surface area (Å²) in [5, 5.41) is 0. The molecule has 0 fully saturated rings. The Labute approximate surface area is 96.6 Å². The Kier molecular flexibility index (Phi) is 3.54. The summed E-state index contributed by atoms with van der Waals surface area (Å²) in [6, 6.07) is 9.86. The second kappa shape index (κ2) is 5.10. The van der Waals surface area contributed by atoms with Crippen LogP contribution in [0, 0.1) is 0 Å². The average molecular weight is 214 g/mol. The molecule has 0 aromatic heterocycles. The number of benzene rings is 1. The van der Waals surface area contributed by atoms with Gasteiger partial charge in [-0.25, -0.2) is 0 Å². The Bertz CT molecular complexity index is 392. The molecule has 0 saturated heterocycles. The Balaban J connectivity index is 2.13. The predicted octanol–water partition coefficient (Wildman–Crippen LogP) is 2.29. The standard InChI is InChI=1S/C14H18N2/c15-13(11-7-3-1-4-8-11)14(16)12-9-5-2-6-10-12/h1-5,7-9,13-14H,6,10,15-16H2/t13-,14?/m1/s1. The van der Waals surface area contributed by atoms with Crippen molar-refractivity contribution < 1.29 is 0 Å². The first-order chi connectivity index (χ1) is 7.79. The summed E-state index contributed by atoms with van der Waals surface area (Å²) in [6.45, 7) is 0. The number of hydrogen-bond acceptors (Lipinski definition) is 2. The van der Waals surface area contributed by atoms with E-state index >= 15 is 0 Å². The highest BCUT2D eigenvalue weighted by atomic mass is 14.8. The van der Waals surface area contributed by atoms with Gasteiger partial charge in [-0.1, -0.05) is 54.1 Å². The minimum absolute atomic E-state index is 0.0765. The van der Waals surface area contributed by atoms with Crippen LogP contribution in [0.15, 0.2) is 54.1 Å². The van der Waals surface area contributed by atoms with Crippen molar-refractivity contribution in [2.75, 3.05) is 0 Å². The zero-order valence-corrected chi connectivity index (χ0v) is 9.34. The van der Waals surface area contributed by atoms with Crippen LogP contribution in [-0.4, -0.2) is 6.04 Å². The molecule has 0 bridgehead atoms. The van der Waals surface area contributed by atoms with Crippen molar-refractivity contribution in [1.29, 1.82) is 0 Å². The average Bonchev–Trinajstić information content (AvgIpc) is 2.39. The maximum absolute atomic E-state index is 6.20. The van der Waals surface area contributed by atoms with E-state index in [4.69, 9.17) is 11.5 Å². The maximum Gasteiger partial charge on any atom is 0.0487 e. The minimum atomic E-state index is -0.112. The van der Waals surface area contributed by atoms with Crippen LogP contribution >= 0.6 is 0 Å². The van der Waals surface area contributed by atoms with Gasteiger partial charge in [-0.05, 0) is 18.4 Å². The molecule has 1 aromatic rings. The molecule has 0 radical (unpaired) electrons. The molecule has 1 aromatic carbocycles. The van der Waals surface area contributed by atoms with Crippen LogP contribution in [0.3, 0.4) is 0 Å². The monoisotopic (exact) mass is 214 g/mol. The van der Waals surface area contributed by atoms with Gasteiger partial charge in [0.2, 0.25) is 0 Å². The van der Waals surface area contributed by atoms with Crippen molar-refractivity contribution >= 4 is 0 Å². The molecule has 84 valence electrons. The molecule has 1 aliphatic carbocycles. The fourth-order valence-corrected chi connectivity index (χ4v) is 2.01. The molecule has 0 spiro atoms. The zero-order chi connectivity index (χ0) is 11.4. The first kappa shape index (κ1) is 11.1.